The van der Waals surface area contributed by atoms with Crippen LogP contribution in [0.25, 0.3) is 0 Å². The second-order valence-corrected chi connectivity index (χ2v) is 5.08. The van der Waals surface area contributed by atoms with Gasteiger partial charge in [0.15, 0.2) is 10.4 Å². The van der Waals surface area contributed by atoms with Gasteiger partial charge in [0.05, 0.1) is 0 Å². The van der Waals surface area contributed by atoms with Crippen molar-refractivity contribution in [3.05, 3.63) is 35.2 Å². The third-order valence-corrected chi connectivity index (χ3v) is 3.37. The molecule has 0 spiro atoms. The van der Waals surface area contributed by atoms with Gasteiger partial charge in [-0.25, -0.2) is 4.98 Å². The highest BCUT2D eigenvalue weighted by Gasteiger charge is 2.32. The molecule has 0 radical (unpaired) electrons. The Labute approximate surface area is 112 Å². The van der Waals surface area contributed by atoms with E-state index in [1.807, 2.05) is 0 Å². The van der Waals surface area contributed by atoms with Gasteiger partial charge in [-0.1, -0.05) is 0 Å². The first kappa shape index (κ1) is 11.5. The van der Waals surface area contributed by atoms with E-state index in [1.165, 1.54) is 6.33 Å². The largest absolute Gasteiger partial charge is 0.444 e. The molecule has 0 N–H and O–H groups in total. The molecule has 1 saturated heterocycles. The van der Waals surface area contributed by atoms with E-state index in [4.69, 9.17) is 4.42 Å². The van der Waals surface area contributed by atoms with E-state index in [0.29, 0.717) is 16.3 Å². The molecule has 1 aliphatic rings. The van der Waals surface area contributed by atoms with Crippen molar-refractivity contribution in [2.75, 3.05) is 13.1 Å². The molecule has 1 fully saturated rings. The maximum Gasteiger partial charge on any atom is 0.289 e. The normalized spacial score (nSPS) is 15.7. The standard InChI is InChI=1S/C11H11BrN4O2/c12-10-2-1-9(18-10)11(17)15-3-8(4-15)5-16-7-13-6-14-16/h1-2,6-8H,3-5H2. The fourth-order valence-corrected chi connectivity index (χ4v) is 2.33. The highest BCUT2D eigenvalue weighted by molar-refractivity contribution is 9.10. The molecule has 3 rings (SSSR count). The summed E-state index contributed by atoms with van der Waals surface area (Å²) in [6.07, 6.45) is 3.20. The molecular weight excluding hydrogens is 300 g/mol. The molecule has 7 heteroatoms. The van der Waals surface area contributed by atoms with E-state index < -0.39 is 0 Å². The molecule has 3 heterocycles. The fourth-order valence-electron chi connectivity index (χ4n) is 2.03. The minimum atomic E-state index is -0.0597. The number of hydrogen-bond acceptors (Lipinski definition) is 4. The Kier molecular flexibility index (Phi) is 2.91. The molecule has 0 unspecified atom stereocenters. The Morgan fingerprint density at radius 1 is 1.50 bits per heavy atom. The third-order valence-electron chi connectivity index (χ3n) is 2.94. The average molecular weight is 311 g/mol. The zero-order valence-corrected chi connectivity index (χ0v) is 11.1. The summed E-state index contributed by atoms with van der Waals surface area (Å²) < 4.78 is 7.60. The highest BCUT2D eigenvalue weighted by Crippen LogP contribution is 2.22. The van der Waals surface area contributed by atoms with Crippen molar-refractivity contribution in [2.45, 2.75) is 6.54 Å². The number of carbonyl (C=O) groups is 1. The van der Waals surface area contributed by atoms with Crippen LogP contribution in [0.15, 0.2) is 33.9 Å². The maximum absolute atomic E-state index is 12.0. The van der Waals surface area contributed by atoms with E-state index in [1.54, 1.807) is 28.0 Å². The quantitative estimate of drug-likeness (QED) is 0.859. The molecule has 0 saturated carbocycles. The van der Waals surface area contributed by atoms with Gasteiger partial charge in [-0.2, -0.15) is 5.10 Å². The summed E-state index contributed by atoms with van der Waals surface area (Å²) >= 11 is 3.19. The van der Waals surface area contributed by atoms with Crippen molar-refractivity contribution in [3.63, 3.8) is 0 Å². The Morgan fingerprint density at radius 2 is 2.33 bits per heavy atom. The molecule has 1 amide bonds. The molecule has 0 aromatic carbocycles. The van der Waals surface area contributed by atoms with Crippen molar-refractivity contribution in [3.8, 4) is 0 Å². The Morgan fingerprint density at radius 3 is 2.94 bits per heavy atom. The number of hydrogen-bond donors (Lipinski definition) is 0. The zero-order chi connectivity index (χ0) is 12.5. The number of carbonyl (C=O) groups excluding carboxylic acids is 1. The summed E-state index contributed by atoms with van der Waals surface area (Å²) in [6.45, 7) is 2.26. The van der Waals surface area contributed by atoms with Gasteiger partial charge in [-0.15, -0.1) is 0 Å². The maximum atomic E-state index is 12.0. The summed E-state index contributed by atoms with van der Waals surface area (Å²) in [5.41, 5.74) is 0. The molecular formula is C11H11BrN4O2. The SMILES string of the molecule is O=C(c1ccc(Br)o1)N1CC(Cn2cncn2)C1. The van der Waals surface area contributed by atoms with Crippen molar-refractivity contribution in [2.24, 2.45) is 5.92 Å². The third kappa shape index (κ3) is 2.17. The topological polar surface area (TPSA) is 64.2 Å². The van der Waals surface area contributed by atoms with E-state index in [-0.39, 0.29) is 5.91 Å². The van der Waals surface area contributed by atoms with Crippen LogP contribution in [-0.4, -0.2) is 38.7 Å². The van der Waals surface area contributed by atoms with Crippen molar-refractivity contribution < 1.29 is 9.21 Å². The minimum Gasteiger partial charge on any atom is -0.444 e. The Bertz CT molecular complexity index is 545. The minimum absolute atomic E-state index is 0.0597. The monoisotopic (exact) mass is 310 g/mol. The fraction of sp³-hybridized carbons (Fsp3) is 0.364. The second kappa shape index (κ2) is 4.56. The molecule has 0 bridgehead atoms. The predicted octanol–water partition coefficient (Wildman–Crippen LogP) is 1.41. The van der Waals surface area contributed by atoms with Gasteiger partial charge < -0.3 is 9.32 Å². The van der Waals surface area contributed by atoms with Gasteiger partial charge in [0.25, 0.3) is 5.91 Å². The number of rotatable bonds is 3. The van der Waals surface area contributed by atoms with Crippen LogP contribution in [0.1, 0.15) is 10.6 Å². The zero-order valence-electron chi connectivity index (χ0n) is 9.49. The van der Waals surface area contributed by atoms with Crippen LogP contribution in [0.4, 0.5) is 0 Å². The van der Waals surface area contributed by atoms with Crippen LogP contribution in [0, 0.1) is 5.92 Å². The van der Waals surface area contributed by atoms with Crippen LogP contribution in [-0.2, 0) is 6.54 Å². The number of aromatic nitrogens is 3. The predicted molar refractivity (Wildman–Crippen MR) is 65.8 cm³/mol. The molecule has 0 atom stereocenters. The van der Waals surface area contributed by atoms with Crippen LogP contribution in [0.3, 0.4) is 0 Å². The summed E-state index contributed by atoms with van der Waals surface area (Å²) in [4.78, 5) is 17.6. The molecule has 94 valence electrons. The smallest absolute Gasteiger partial charge is 0.289 e. The van der Waals surface area contributed by atoms with Crippen molar-refractivity contribution >= 4 is 21.8 Å². The van der Waals surface area contributed by atoms with Crippen molar-refractivity contribution in [1.82, 2.24) is 19.7 Å². The average Bonchev–Trinajstić information content (AvgIpc) is 2.93. The van der Waals surface area contributed by atoms with Crippen LogP contribution >= 0.6 is 15.9 Å². The first-order valence-corrected chi connectivity index (χ1v) is 6.38. The lowest BCUT2D eigenvalue weighted by Gasteiger charge is -2.38. The number of likely N-dealkylation sites (tertiary alicyclic amines) is 1. The van der Waals surface area contributed by atoms with E-state index >= 15 is 0 Å². The van der Waals surface area contributed by atoms with Gasteiger partial charge in [0.1, 0.15) is 12.7 Å². The summed E-state index contributed by atoms with van der Waals surface area (Å²) in [6, 6.07) is 3.40. The van der Waals surface area contributed by atoms with Crippen LogP contribution in [0.5, 0.6) is 0 Å². The summed E-state index contributed by atoms with van der Waals surface area (Å²) in [5.74, 6) is 0.755. The van der Waals surface area contributed by atoms with Gasteiger partial charge in [0.2, 0.25) is 0 Å². The van der Waals surface area contributed by atoms with Crippen LogP contribution in [0.2, 0.25) is 0 Å². The summed E-state index contributed by atoms with van der Waals surface area (Å²) in [7, 11) is 0. The van der Waals surface area contributed by atoms with Crippen molar-refractivity contribution in [1.29, 1.82) is 0 Å². The van der Waals surface area contributed by atoms with Gasteiger partial charge >= 0.3 is 0 Å². The Hall–Kier alpha value is -1.63. The lowest BCUT2D eigenvalue weighted by Crippen LogP contribution is -2.51. The molecule has 18 heavy (non-hydrogen) atoms. The molecule has 2 aromatic rings. The molecule has 0 aliphatic carbocycles. The van der Waals surface area contributed by atoms with E-state index in [2.05, 4.69) is 26.0 Å². The molecule has 2 aromatic heterocycles. The van der Waals surface area contributed by atoms with Gasteiger partial charge in [0, 0.05) is 25.6 Å². The lowest BCUT2D eigenvalue weighted by atomic mass is 10.00. The first-order valence-electron chi connectivity index (χ1n) is 5.59. The number of halogens is 1. The lowest BCUT2D eigenvalue weighted by molar-refractivity contribution is 0.0429. The number of nitrogens with zero attached hydrogens (tertiary/aromatic N) is 4. The highest BCUT2D eigenvalue weighted by atomic mass is 79.9. The summed E-state index contributed by atoms with van der Waals surface area (Å²) in [5, 5.41) is 4.05. The van der Waals surface area contributed by atoms with Crippen LogP contribution < -0.4 is 0 Å². The number of furan rings is 1. The first-order chi connectivity index (χ1) is 8.72. The molecule has 1 aliphatic heterocycles. The second-order valence-electron chi connectivity index (χ2n) is 4.30. The molecule has 6 nitrogen and oxygen atoms in total. The van der Waals surface area contributed by atoms with Gasteiger partial charge in [-0.3, -0.25) is 9.48 Å². The van der Waals surface area contributed by atoms with E-state index in [0.717, 1.165) is 19.6 Å². The number of amides is 1. The van der Waals surface area contributed by atoms with E-state index in [9.17, 15) is 4.79 Å². The Balaban J connectivity index is 1.54. The van der Waals surface area contributed by atoms with Gasteiger partial charge in [-0.05, 0) is 28.1 Å².